The van der Waals surface area contributed by atoms with Gasteiger partial charge in [0, 0.05) is 46.6 Å². The van der Waals surface area contributed by atoms with Crippen LogP contribution < -0.4 is 5.43 Å². The zero-order valence-electron chi connectivity index (χ0n) is 16.1. The fourth-order valence-electron chi connectivity index (χ4n) is 2.67. The van der Waals surface area contributed by atoms with Crippen molar-refractivity contribution in [3.63, 3.8) is 0 Å². The van der Waals surface area contributed by atoms with Crippen molar-refractivity contribution in [3.05, 3.63) is 83.9 Å². The average Bonchev–Trinajstić information content (AvgIpc) is 3.23. The third kappa shape index (κ3) is 5.33. The number of nitrogens with one attached hydrogen (secondary N) is 1. The summed E-state index contributed by atoms with van der Waals surface area (Å²) in [7, 11) is 0. The van der Waals surface area contributed by atoms with Crippen molar-refractivity contribution < 1.29 is 4.79 Å². The zero-order valence-corrected chi connectivity index (χ0v) is 17.7. The molecule has 0 aliphatic carbocycles. The van der Waals surface area contributed by atoms with E-state index in [4.69, 9.17) is 11.6 Å². The van der Waals surface area contributed by atoms with Gasteiger partial charge in [0.2, 0.25) is 0 Å². The monoisotopic (exact) mass is 449 g/mol. The van der Waals surface area contributed by atoms with E-state index in [1.807, 2.05) is 34.9 Å². The van der Waals surface area contributed by atoms with Crippen molar-refractivity contribution >= 4 is 35.5 Å². The molecule has 31 heavy (non-hydrogen) atoms. The number of benzene rings is 1. The highest BCUT2D eigenvalue weighted by Crippen LogP contribution is 2.28. The molecule has 0 unspecified atom stereocenters. The Bertz CT molecular complexity index is 1180. The summed E-state index contributed by atoms with van der Waals surface area (Å²) < 4.78 is 1.88. The normalized spacial score (nSPS) is 11.0. The van der Waals surface area contributed by atoms with Crippen LogP contribution in [-0.4, -0.2) is 42.6 Å². The first-order valence-corrected chi connectivity index (χ1v) is 10.5. The van der Waals surface area contributed by atoms with Gasteiger partial charge < -0.3 is 0 Å². The molecule has 0 spiro atoms. The lowest BCUT2D eigenvalue weighted by atomic mass is 10.2. The molecule has 3 heterocycles. The Morgan fingerprint density at radius 1 is 1.06 bits per heavy atom. The minimum absolute atomic E-state index is 0.118. The molecule has 1 N–H and O–H groups in total. The molecule has 0 atom stereocenters. The van der Waals surface area contributed by atoms with E-state index in [0.717, 1.165) is 16.8 Å². The molecule has 1 aromatic carbocycles. The molecule has 154 valence electrons. The number of hydrogen-bond acceptors (Lipinski definition) is 7. The van der Waals surface area contributed by atoms with Crippen LogP contribution in [0.15, 0.2) is 83.6 Å². The van der Waals surface area contributed by atoms with E-state index in [0.29, 0.717) is 16.0 Å². The molecule has 4 rings (SSSR count). The molecule has 1 amide bonds. The predicted molar refractivity (Wildman–Crippen MR) is 120 cm³/mol. The number of amides is 1. The first-order valence-electron chi connectivity index (χ1n) is 9.17. The lowest BCUT2D eigenvalue weighted by molar-refractivity contribution is -0.118. The minimum atomic E-state index is -0.263. The summed E-state index contributed by atoms with van der Waals surface area (Å²) >= 11 is 7.30. The summed E-state index contributed by atoms with van der Waals surface area (Å²) in [6.07, 6.45) is 8.24. The smallest absolute Gasteiger partial charge is 0.250 e. The number of nitrogens with zero attached hydrogens (tertiary/aromatic N) is 6. The molecule has 10 heteroatoms. The average molecular weight is 450 g/mol. The number of aromatic nitrogens is 5. The molecule has 0 aliphatic heterocycles. The number of carbonyl (C=O) groups is 1. The third-order valence-corrected chi connectivity index (χ3v) is 5.26. The largest absolute Gasteiger partial charge is 0.272 e. The summed E-state index contributed by atoms with van der Waals surface area (Å²) in [6, 6.07) is 14.7. The number of hydrogen-bond donors (Lipinski definition) is 1. The van der Waals surface area contributed by atoms with Gasteiger partial charge in [0.25, 0.3) is 5.91 Å². The number of halogens is 1. The molecule has 0 bridgehead atoms. The minimum Gasteiger partial charge on any atom is -0.272 e. The van der Waals surface area contributed by atoms with Crippen LogP contribution in [0.25, 0.3) is 17.1 Å². The highest BCUT2D eigenvalue weighted by atomic mass is 35.5. The van der Waals surface area contributed by atoms with Gasteiger partial charge in [-0.05, 0) is 42.5 Å². The van der Waals surface area contributed by atoms with Crippen molar-refractivity contribution in [2.24, 2.45) is 5.10 Å². The highest BCUT2D eigenvalue weighted by molar-refractivity contribution is 7.99. The topological polar surface area (TPSA) is 98.0 Å². The van der Waals surface area contributed by atoms with Crippen molar-refractivity contribution in [2.45, 2.75) is 5.16 Å². The molecule has 0 saturated carbocycles. The highest BCUT2D eigenvalue weighted by Gasteiger charge is 2.17. The summed E-state index contributed by atoms with van der Waals surface area (Å²) in [5.41, 5.74) is 4.99. The quantitative estimate of drug-likeness (QED) is 0.263. The van der Waals surface area contributed by atoms with E-state index in [1.54, 1.807) is 43.0 Å². The van der Waals surface area contributed by atoms with Gasteiger partial charge in [-0.1, -0.05) is 29.4 Å². The van der Waals surface area contributed by atoms with E-state index in [2.05, 4.69) is 30.7 Å². The molecule has 3 aromatic heterocycles. The van der Waals surface area contributed by atoms with E-state index in [9.17, 15) is 4.79 Å². The standard InChI is InChI=1S/C21H16ClN7OS/c22-17-3-5-18(6-4-17)29-20(16-7-10-23-11-8-16)27-28-21(29)31-14-19(30)26-25-13-15-2-1-9-24-12-15/h1-13H,14H2,(H,26,30)/b25-13+. The van der Waals surface area contributed by atoms with Gasteiger partial charge in [-0.15, -0.1) is 10.2 Å². The van der Waals surface area contributed by atoms with Gasteiger partial charge in [0.1, 0.15) is 0 Å². The van der Waals surface area contributed by atoms with Crippen LogP contribution in [0.5, 0.6) is 0 Å². The molecule has 0 saturated heterocycles. The molecular formula is C21H16ClN7OS. The second-order valence-corrected chi connectivity index (χ2v) is 7.60. The van der Waals surface area contributed by atoms with E-state index < -0.39 is 0 Å². The molecule has 0 radical (unpaired) electrons. The molecule has 0 aliphatic rings. The summed E-state index contributed by atoms with van der Waals surface area (Å²) in [5.74, 6) is 0.496. The van der Waals surface area contributed by atoms with Crippen LogP contribution >= 0.6 is 23.4 Å². The van der Waals surface area contributed by atoms with E-state index in [-0.39, 0.29) is 11.7 Å². The van der Waals surface area contributed by atoms with Gasteiger partial charge in [-0.2, -0.15) is 5.10 Å². The lowest BCUT2D eigenvalue weighted by Gasteiger charge is -2.10. The second-order valence-electron chi connectivity index (χ2n) is 6.22. The number of rotatable bonds is 7. The van der Waals surface area contributed by atoms with Crippen LogP contribution in [0, 0.1) is 0 Å². The molecule has 0 fully saturated rings. The molecular weight excluding hydrogens is 434 g/mol. The Labute approximate surface area is 187 Å². The Balaban J connectivity index is 1.51. The van der Waals surface area contributed by atoms with Crippen molar-refractivity contribution in [1.82, 2.24) is 30.2 Å². The van der Waals surface area contributed by atoms with Crippen molar-refractivity contribution in [1.29, 1.82) is 0 Å². The SMILES string of the molecule is O=C(CSc1nnc(-c2ccncc2)n1-c1ccc(Cl)cc1)N/N=C/c1cccnc1. The van der Waals surface area contributed by atoms with Crippen LogP contribution in [0.4, 0.5) is 0 Å². The molecule has 8 nitrogen and oxygen atoms in total. The maximum atomic E-state index is 12.2. The van der Waals surface area contributed by atoms with Gasteiger partial charge in [0.15, 0.2) is 11.0 Å². The summed E-state index contributed by atoms with van der Waals surface area (Å²) in [6.45, 7) is 0. The summed E-state index contributed by atoms with van der Waals surface area (Å²) in [4.78, 5) is 20.3. The fraction of sp³-hybridized carbons (Fsp3) is 0.0476. The molecule has 4 aromatic rings. The van der Waals surface area contributed by atoms with Crippen molar-refractivity contribution in [3.8, 4) is 17.1 Å². The number of pyridine rings is 2. The van der Waals surface area contributed by atoms with Gasteiger partial charge in [-0.25, -0.2) is 5.43 Å². The lowest BCUT2D eigenvalue weighted by Crippen LogP contribution is -2.20. The Hall–Kier alpha value is -3.56. The first-order chi connectivity index (χ1) is 15.2. The maximum Gasteiger partial charge on any atom is 0.250 e. The number of hydrazone groups is 1. The Morgan fingerprint density at radius 3 is 2.61 bits per heavy atom. The third-order valence-electron chi connectivity index (χ3n) is 4.08. The van der Waals surface area contributed by atoms with Gasteiger partial charge >= 0.3 is 0 Å². The Kier molecular flexibility index (Phi) is 6.65. The van der Waals surface area contributed by atoms with Crippen LogP contribution in [-0.2, 0) is 4.79 Å². The van der Waals surface area contributed by atoms with E-state index in [1.165, 1.54) is 18.0 Å². The number of carbonyl (C=O) groups excluding carboxylic acids is 1. The van der Waals surface area contributed by atoms with Gasteiger partial charge in [-0.3, -0.25) is 19.3 Å². The number of thioether (sulfide) groups is 1. The van der Waals surface area contributed by atoms with Crippen LogP contribution in [0.3, 0.4) is 0 Å². The maximum absolute atomic E-state index is 12.2. The second kappa shape index (κ2) is 9.96. The van der Waals surface area contributed by atoms with Crippen LogP contribution in [0.2, 0.25) is 5.02 Å². The summed E-state index contributed by atoms with van der Waals surface area (Å²) in [5, 5.41) is 13.8. The van der Waals surface area contributed by atoms with Crippen molar-refractivity contribution in [2.75, 3.05) is 5.75 Å². The van der Waals surface area contributed by atoms with E-state index >= 15 is 0 Å². The van der Waals surface area contributed by atoms with Gasteiger partial charge in [0.05, 0.1) is 12.0 Å². The predicted octanol–water partition coefficient (Wildman–Crippen LogP) is 3.62. The first kappa shape index (κ1) is 20.7. The van der Waals surface area contributed by atoms with Crippen LogP contribution in [0.1, 0.15) is 5.56 Å². The Morgan fingerprint density at radius 2 is 1.87 bits per heavy atom. The fourth-order valence-corrected chi connectivity index (χ4v) is 3.54. The zero-order chi connectivity index (χ0) is 21.5.